The molecule has 5 rings (SSSR count). The minimum absolute atomic E-state index is 0.0365. The summed E-state index contributed by atoms with van der Waals surface area (Å²) in [5, 5.41) is 17.2. The molecule has 2 aliphatic rings. The van der Waals surface area contributed by atoms with Crippen molar-refractivity contribution < 1.29 is 36.3 Å². The molecule has 0 aliphatic heterocycles. The fourth-order valence-corrected chi connectivity index (χ4v) is 7.88. The number of carbonyl (C=O) groups excluding carboxylic acids is 1. The molecule has 0 radical (unpaired) electrons. The number of alkyl halides is 3. The Morgan fingerprint density at radius 1 is 1.05 bits per heavy atom. The maximum atomic E-state index is 13.6. The maximum Gasteiger partial charge on any atom is 0.407 e. The van der Waals surface area contributed by atoms with Crippen LogP contribution < -0.4 is 10.0 Å². The Hall–Kier alpha value is -3.16. The minimum atomic E-state index is -4.83. The molecule has 2 saturated carbocycles. The van der Waals surface area contributed by atoms with E-state index in [-0.39, 0.29) is 33.0 Å². The number of nitrogens with one attached hydrogen (secondary N) is 2. The summed E-state index contributed by atoms with van der Waals surface area (Å²) in [5.74, 6) is -1.71. The quantitative estimate of drug-likeness (QED) is 0.254. The molecular weight excluding hydrogens is 621 g/mol. The number of amides is 1. The summed E-state index contributed by atoms with van der Waals surface area (Å²) >= 11 is 6.87. The number of nitrogens with zero attached hydrogens (tertiary/aromatic N) is 2. The van der Waals surface area contributed by atoms with Crippen molar-refractivity contribution in [1.82, 2.24) is 19.8 Å². The average Bonchev–Trinajstić information content (AvgIpc) is 3.24. The van der Waals surface area contributed by atoms with Crippen LogP contribution in [0.2, 0.25) is 5.02 Å². The van der Waals surface area contributed by atoms with Crippen molar-refractivity contribution >= 4 is 44.3 Å². The van der Waals surface area contributed by atoms with E-state index in [4.69, 9.17) is 11.6 Å². The third-order valence-electron chi connectivity index (χ3n) is 8.62. The van der Waals surface area contributed by atoms with Crippen molar-refractivity contribution in [2.75, 3.05) is 0 Å². The third-order valence-corrected chi connectivity index (χ3v) is 10.7. The van der Waals surface area contributed by atoms with Gasteiger partial charge in [0.1, 0.15) is 5.54 Å². The SMILES string of the molecule is CC(C)(NS(=O)(=O)c1ccc(-c2c(Cl)c(C(=O)N[C@H]3C[C@H](C(=O)O)C3)nn2CC2CCCCC2)c2ccccc12)C(F)(F)F. The second-order valence-corrected chi connectivity index (χ2v) is 14.3. The fraction of sp³-hybridized carbons (Fsp3) is 0.500. The molecule has 238 valence electrons. The van der Waals surface area contributed by atoms with Gasteiger partial charge in [0.05, 0.1) is 21.5 Å². The molecule has 0 atom stereocenters. The van der Waals surface area contributed by atoms with Crippen LogP contribution in [0.25, 0.3) is 22.0 Å². The van der Waals surface area contributed by atoms with Crippen LogP contribution in [0.5, 0.6) is 0 Å². The Morgan fingerprint density at radius 3 is 2.30 bits per heavy atom. The first-order chi connectivity index (χ1) is 20.6. The topological polar surface area (TPSA) is 130 Å². The molecule has 0 spiro atoms. The number of hydrogen-bond donors (Lipinski definition) is 3. The van der Waals surface area contributed by atoms with Crippen LogP contribution in [-0.4, -0.2) is 52.9 Å². The molecule has 1 heterocycles. The normalized spacial score (nSPS) is 20.0. The predicted molar refractivity (Wildman–Crippen MR) is 159 cm³/mol. The molecule has 3 N–H and O–H groups in total. The van der Waals surface area contributed by atoms with Gasteiger partial charge in [0, 0.05) is 23.5 Å². The van der Waals surface area contributed by atoms with E-state index in [1.807, 2.05) is 0 Å². The number of aromatic nitrogens is 2. The van der Waals surface area contributed by atoms with Crippen molar-refractivity contribution in [2.45, 2.75) is 88.0 Å². The lowest BCUT2D eigenvalue weighted by molar-refractivity contribution is -0.180. The van der Waals surface area contributed by atoms with Gasteiger partial charge in [0.25, 0.3) is 5.91 Å². The Labute approximate surface area is 258 Å². The van der Waals surface area contributed by atoms with Crippen LogP contribution in [0.4, 0.5) is 13.2 Å². The lowest BCUT2D eigenvalue weighted by Crippen LogP contribution is -2.54. The van der Waals surface area contributed by atoms with Crippen molar-refractivity contribution in [3.63, 3.8) is 0 Å². The highest BCUT2D eigenvalue weighted by molar-refractivity contribution is 7.89. The van der Waals surface area contributed by atoms with E-state index in [1.165, 1.54) is 18.2 Å². The molecule has 0 saturated heterocycles. The first kappa shape index (κ1) is 32.2. The van der Waals surface area contributed by atoms with Gasteiger partial charge in [0.2, 0.25) is 10.0 Å². The van der Waals surface area contributed by atoms with Crippen molar-refractivity contribution in [1.29, 1.82) is 0 Å². The van der Waals surface area contributed by atoms with Crippen LogP contribution in [0.15, 0.2) is 41.3 Å². The predicted octanol–water partition coefficient (Wildman–Crippen LogP) is 6.15. The first-order valence-electron chi connectivity index (χ1n) is 14.5. The fourth-order valence-electron chi connectivity index (χ4n) is 5.94. The first-order valence-corrected chi connectivity index (χ1v) is 16.4. The van der Waals surface area contributed by atoms with Crippen LogP contribution in [0.3, 0.4) is 0 Å². The number of aliphatic carboxylic acids is 1. The van der Waals surface area contributed by atoms with E-state index in [0.29, 0.717) is 36.0 Å². The number of carbonyl (C=O) groups is 2. The molecule has 3 aromatic rings. The van der Waals surface area contributed by atoms with Gasteiger partial charge in [-0.2, -0.15) is 23.0 Å². The molecule has 0 unspecified atom stereocenters. The molecule has 9 nitrogen and oxygen atoms in total. The molecule has 2 fully saturated rings. The van der Waals surface area contributed by atoms with Crippen molar-refractivity contribution in [3.8, 4) is 11.3 Å². The Morgan fingerprint density at radius 2 is 1.68 bits per heavy atom. The molecular formula is C30H34ClF3N4O5S. The van der Waals surface area contributed by atoms with E-state index >= 15 is 0 Å². The lowest BCUT2D eigenvalue weighted by Gasteiger charge is -2.32. The highest BCUT2D eigenvalue weighted by Gasteiger charge is 2.50. The Bertz CT molecular complexity index is 1690. The molecule has 44 heavy (non-hydrogen) atoms. The zero-order valence-corrected chi connectivity index (χ0v) is 25.8. The van der Waals surface area contributed by atoms with Crippen LogP contribution in [0.1, 0.15) is 69.3 Å². The van der Waals surface area contributed by atoms with E-state index < -0.39 is 39.5 Å². The zero-order chi connectivity index (χ0) is 32.0. The van der Waals surface area contributed by atoms with Gasteiger partial charge in [0.15, 0.2) is 5.69 Å². The number of benzene rings is 2. The second kappa shape index (κ2) is 12.0. The Kier molecular flexibility index (Phi) is 8.78. The summed E-state index contributed by atoms with van der Waals surface area (Å²) < 4.78 is 70.8. The largest absolute Gasteiger partial charge is 0.481 e. The lowest BCUT2D eigenvalue weighted by atomic mass is 9.80. The number of carboxylic acids is 1. The van der Waals surface area contributed by atoms with Crippen molar-refractivity contribution in [3.05, 3.63) is 47.1 Å². The molecule has 14 heteroatoms. The van der Waals surface area contributed by atoms with E-state index in [0.717, 1.165) is 46.0 Å². The molecule has 1 amide bonds. The van der Waals surface area contributed by atoms with Gasteiger partial charge in [-0.15, -0.1) is 0 Å². The van der Waals surface area contributed by atoms with Gasteiger partial charge in [-0.05, 0) is 56.9 Å². The van der Waals surface area contributed by atoms with Crippen LogP contribution >= 0.6 is 11.6 Å². The number of carboxylic acid groups (broad SMARTS) is 1. The summed E-state index contributed by atoms with van der Waals surface area (Å²) in [4.78, 5) is 24.2. The van der Waals surface area contributed by atoms with E-state index in [2.05, 4.69) is 10.4 Å². The van der Waals surface area contributed by atoms with Gasteiger partial charge in [-0.3, -0.25) is 14.3 Å². The second-order valence-electron chi connectivity index (χ2n) is 12.3. The zero-order valence-electron chi connectivity index (χ0n) is 24.2. The molecule has 2 aliphatic carbocycles. The van der Waals surface area contributed by atoms with Gasteiger partial charge in [-0.25, -0.2) is 8.42 Å². The minimum Gasteiger partial charge on any atom is -0.481 e. The monoisotopic (exact) mass is 654 g/mol. The summed E-state index contributed by atoms with van der Waals surface area (Å²) in [6.07, 6.45) is 0.958. The molecule has 0 bridgehead atoms. The maximum absolute atomic E-state index is 13.6. The van der Waals surface area contributed by atoms with Crippen LogP contribution in [0, 0.1) is 11.8 Å². The highest BCUT2D eigenvalue weighted by Crippen LogP contribution is 2.40. The third kappa shape index (κ3) is 6.32. The summed E-state index contributed by atoms with van der Waals surface area (Å²) in [5.41, 5.74) is -1.90. The molecule has 2 aromatic carbocycles. The van der Waals surface area contributed by atoms with Crippen LogP contribution in [-0.2, 0) is 21.4 Å². The Balaban J connectivity index is 1.57. The number of sulfonamides is 1. The standard InChI is InChI=1S/C30H34ClF3N4O5S/c1-29(2,30(32,33)34)37-44(42,43)23-13-12-22(20-10-6-7-11-21(20)23)26-24(31)25(27(39)35-19-14-18(15-19)28(40)41)36-38(26)16-17-8-4-3-5-9-17/h6-7,10-13,17-19,37H,3-5,8-9,14-16H2,1-2H3,(H,35,39)(H,40,41)/t18-,19-. The molecule has 1 aromatic heterocycles. The summed E-state index contributed by atoms with van der Waals surface area (Å²) in [6, 6.07) is 8.80. The van der Waals surface area contributed by atoms with E-state index in [1.54, 1.807) is 27.6 Å². The van der Waals surface area contributed by atoms with Gasteiger partial charge in [-0.1, -0.05) is 61.2 Å². The number of fused-ring (bicyclic) bond motifs is 1. The van der Waals surface area contributed by atoms with E-state index in [9.17, 15) is 36.3 Å². The number of rotatable bonds is 9. The summed E-state index contributed by atoms with van der Waals surface area (Å²) in [7, 11) is -4.63. The average molecular weight is 655 g/mol. The van der Waals surface area contributed by atoms with Crippen molar-refractivity contribution in [2.24, 2.45) is 11.8 Å². The highest BCUT2D eigenvalue weighted by atomic mass is 35.5. The number of halogens is 4. The summed E-state index contributed by atoms with van der Waals surface area (Å²) in [6.45, 7) is 1.97. The smallest absolute Gasteiger partial charge is 0.407 e. The number of hydrogen-bond acceptors (Lipinski definition) is 5. The van der Waals surface area contributed by atoms with Gasteiger partial charge < -0.3 is 10.4 Å². The van der Waals surface area contributed by atoms with Gasteiger partial charge >= 0.3 is 12.1 Å².